The van der Waals surface area contributed by atoms with Crippen molar-refractivity contribution in [2.24, 2.45) is 0 Å². The van der Waals surface area contributed by atoms with Gasteiger partial charge in [-0.3, -0.25) is 4.79 Å². The Bertz CT molecular complexity index is 929. The van der Waals surface area contributed by atoms with E-state index in [9.17, 15) is 4.79 Å². The highest BCUT2D eigenvalue weighted by Crippen LogP contribution is 2.17. The number of ether oxygens (including phenoxy) is 2. The molecule has 0 fully saturated rings. The van der Waals surface area contributed by atoms with Gasteiger partial charge in [0.15, 0.2) is 5.78 Å². The lowest BCUT2D eigenvalue weighted by atomic mass is 10.1. The van der Waals surface area contributed by atoms with Crippen molar-refractivity contribution in [3.05, 3.63) is 65.7 Å². The minimum atomic E-state index is -0.00285. The highest BCUT2D eigenvalue weighted by atomic mass is 16.5. The first-order chi connectivity index (χ1) is 20.7. The van der Waals surface area contributed by atoms with Gasteiger partial charge in [0.05, 0.1) is 13.2 Å². The van der Waals surface area contributed by atoms with Gasteiger partial charge in [-0.2, -0.15) is 0 Å². The molecule has 0 aliphatic carbocycles. The molecular formula is C39H60O3. The van der Waals surface area contributed by atoms with Gasteiger partial charge in [-0.1, -0.05) is 148 Å². The van der Waals surface area contributed by atoms with E-state index < -0.39 is 0 Å². The summed E-state index contributed by atoms with van der Waals surface area (Å²) in [6.45, 7) is 6.04. The molecule has 0 aliphatic rings. The molecule has 0 aromatic heterocycles. The summed E-state index contributed by atoms with van der Waals surface area (Å²) in [4.78, 5) is 12.6. The normalized spacial score (nSPS) is 11.3. The van der Waals surface area contributed by atoms with Crippen molar-refractivity contribution in [1.29, 1.82) is 0 Å². The first-order valence-electron chi connectivity index (χ1n) is 17.4. The fraction of sp³-hybridized carbons (Fsp3) is 0.615. The number of hydrogen-bond donors (Lipinski definition) is 0. The Labute approximate surface area is 258 Å². The molecule has 0 heterocycles. The van der Waals surface area contributed by atoms with Crippen molar-refractivity contribution in [2.75, 3.05) is 13.2 Å². The largest absolute Gasteiger partial charge is 0.494 e. The Morgan fingerprint density at radius 2 is 0.857 bits per heavy atom. The molecule has 42 heavy (non-hydrogen) atoms. The Kier molecular flexibility index (Phi) is 21.2. The molecule has 0 amide bonds. The van der Waals surface area contributed by atoms with Gasteiger partial charge in [-0.15, -0.1) is 0 Å². The molecule has 0 N–H and O–H groups in total. The zero-order valence-corrected chi connectivity index (χ0v) is 27.1. The van der Waals surface area contributed by atoms with Crippen LogP contribution in [-0.4, -0.2) is 19.0 Å². The van der Waals surface area contributed by atoms with E-state index in [0.717, 1.165) is 43.1 Å². The molecule has 2 rings (SSSR count). The first-order valence-corrected chi connectivity index (χ1v) is 17.4. The number of allylic oxidation sites excluding steroid dienone is 1. The van der Waals surface area contributed by atoms with E-state index in [2.05, 4.69) is 13.8 Å². The lowest BCUT2D eigenvalue weighted by molar-refractivity contribution is 0.104. The molecule has 0 atom stereocenters. The fourth-order valence-electron chi connectivity index (χ4n) is 5.22. The third kappa shape index (κ3) is 18.1. The van der Waals surface area contributed by atoms with Gasteiger partial charge >= 0.3 is 0 Å². The van der Waals surface area contributed by atoms with Crippen LogP contribution in [0.25, 0.3) is 6.08 Å². The van der Waals surface area contributed by atoms with E-state index in [0.29, 0.717) is 5.56 Å². The SMILES string of the molecule is CCCCCCCCCCCCCCOc1ccc(/C=C/C(=O)c2ccc(OCCCCCCCCCC)cc2)cc1. The minimum Gasteiger partial charge on any atom is -0.494 e. The van der Waals surface area contributed by atoms with E-state index in [4.69, 9.17) is 9.47 Å². The molecule has 3 heteroatoms. The number of ketones is 1. The Balaban J connectivity index is 1.53. The molecule has 0 bridgehead atoms. The van der Waals surface area contributed by atoms with Gasteiger partial charge in [0.25, 0.3) is 0 Å². The van der Waals surface area contributed by atoms with Crippen molar-refractivity contribution >= 4 is 11.9 Å². The van der Waals surface area contributed by atoms with Crippen LogP contribution in [0.1, 0.15) is 158 Å². The van der Waals surface area contributed by atoms with Crippen molar-refractivity contribution in [2.45, 2.75) is 142 Å². The fourth-order valence-corrected chi connectivity index (χ4v) is 5.22. The summed E-state index contributed by atoms with van der Waals surface area (Å²) in [5.41, 5.74) is 1.67. The van der Waals surface area contributed by atoms with Gasteiger partial charge in [0.1, 0.15) is 11.5 Å². The van der Waals surface area contributed by atoms with Crippen LogP contribution in [0, 0.1) is 0 Å². The predicted octanol–water partition coefficient (Wildman–Crippen LogP) is 12.2. The lowest BCUT2D eigenvalue weighted by Crippen LogP contribution is -1.99. The Hall–Kier alpha value is -2.55. The summed E-state index contributed by atoms with van der Waals surface area (Å²) >= 11 is 0. The molecule has 0 spiro atoms. The molecule has 3 nitrogen and oxygen atoms in total. The molecule has 234 valence electrons. The van der Waals surface area contributed by atoms with Gasteiger partial charge in [-0.05, 0) is 60.9 Å². The van der Waals surface area contributed by atoms with Crippen molar-refractivity contribution in [1.82, 2.24) is 0 Å². The zero-order chi connectivity index (χ0) is 29.9. The average molecular weight is 577 g/mol. The molecule has 0 unspecified atom stereocenters. The summed E-state index contributed by atoms with van der Waals surface area (Å²) in [7, 11) is 0. The molecular weight excluding hydrogens is 516 g/mol. The smallest absolute Gasteiger partial charge is 0.185 e. The monoisotopic (exact) mass is 576 g/mol. The third-order valence-corrected chi connectivity index (χ3v) is 7.98. The lowest BCUT2D eigenvalue weighted by Gasteiger charge is -2.07. The van der Waals surface area contributed by atoms with Crippen LogP contribution in [0.2, 0.25) is 0 Å². The minimum absolute atomic E-state index is 0.00285. The second kappa shape index (κ2) is 25.0. The van der Waals surface area contributed by atoms with Crippen molar-refractivity contribution in [3.8, 4) is 11.5 Å². The van der Waals surface area contributed by atoms with Gasteiger partial charge < -0.3 is 9.47 Å². The second-order valence-corrected chi connectivity index (χ2v) is 11.9. The van der Waals surface area contributed by atoms with Crippen LogP contribution in [0.5, 0.6) is 11.5 Å². The molecule has 2 aromatic carbocycles. The van der Waals surface area contributed by atoms with E-state index >= 15 is 0 Å². The summed E-state index contributed by atoms with van der Waals surface area (Å²) in [6, 6.07) is 15.5. The third-order valence-electron chi connectivity index (χ3n) is 7.98. The zero-order valence-electron chi connectivity index (χ0n) is 27.1. The topological polar surface area (TPSA) is 35.5 Å². The van der Waals surface area contributed by atoms with Crippen LogP contribution in [-0.2, 0) is 0 Å². The molecule has 0 aliphatic heterocycles. The number of carbonyl (C=O) groups is 1. The molecule has 0 saturated heterocycles. The van der Waals surface area contributed by atoms with Crippen LogP contribution in [0.4, 0.5) is 0 Å². The van der Waals surface area contributed by atoms with Gasteiger partial charge in [0.2, 0.25) is 0 Å². The van der Waals surface area contributed by atoms with Crippen LogP contribution >= 0.6 is 0 Å². The number of hydrogen-bond acceptors (Lipinski definition) is 3. The number of carbonyl (C=O) groups excluding carboxylic acids is 1. The van der Waals surface area contributed by atoms with E-state index in [-0.39, 0.29) is 5.78 Å². The quantitative estimate of drug-likeness (QED) is 0.0603. The van der Waals surface area contributed by atoms with Crippen LogP contribution < -0.4 is 9.47 Å². The average Bonchev–Trinajstić information content (AvgIpc) is 3.02. The van der Waals surface area contributed by atoms with Gasteiger partial charge in [-0.25, -0.2) is 0 Å². The highest BCUT2D eigenvalue weighted by Gasteiger charge is 2.03. The summed E-state index contributed by atoms with van der Waals surface area (Å²) in [5, 5.41) is 0. The first kappa shape index (κ1) is 35.6. The number of rotatable bonds is 27. The summed E-state index contributed by atoms with van der Waals surface area (Å²) in [6.07, 6.45) is 30.0. The Morgan fingerprint density at radius 1 is 0.500 bits per heavy atom. The number of unbranched alkanes of at least 4 members (excludes halogenated alkanes) is 18. The van der Waals surface area contributed by atoms with E-state index in [1.54, 1.807) is 6.08 Å². The maximum absolute atomic E-state index is 12.6. The maximum Gasteiger partial charge on any atom is 0.185 e. The highest BCUT2D eigenvalue weighted by molar-refractivity contribution is 6.06. The molecule has 0 radical (unpaired) electrons. The predicted molar refractivity (Wildman–Crippen MR) is 181 cm³/mol. The maximum atomic E-state index is 12.6. The van der Waals surface area contributed by atoms with Gasteiger partial charge in [0, 0.05) is 5.56 Å². The summed E-state index contributed by atoms with van der Waals surface area (Å²) < 4.78 is 11.8. The van der Waals surface area contributed by atoms with E-state index in [1.165, 1.54) is 116 Å². The molecule has 2 aromatic rings. The second-order valence-electron chi connectivity index (χ2n) is 11.9. The molecule has 0 saturated carbocycles. The number of benzene rings is 2. The van der Waals surface area contributed by atoms with Crippen molar-refractivity contribution < 1.29 is 14.3 Å². The van der Waals surface area contributed by atoms with Crippen molar-refractivity contribution in [3.63, 3.8) is 0 Å². The van der Waals surface area contributed by atoms with E-state index in [1.807, 2.05) is 54.6 Å². The van der Waals surface area contributed by atoms with Crippen LogP contribution in [0.15, 0.2) is 54.6 Å². The standard InChI is InChI=1S/C39H60O3/c1-3-5-7-9-11-13-14-15-16-18-20-21-33-41-37-28-23-35(24-29-37)25-32-39(40)36-26-30-38(31-27-36)42-34-22-19-17-12-10-8-6-4-2/h23-32H,3-22,33-34H2,1-2H3/b32-25+. The Morgan fingerprint density at radius 3 is 1.26 bits per heavy atom. The van der Waals surface area contributed by atoms with Crippen LogP contribution in [0.3, 0.4) is 0 Å². The summed E-state index contributed by atoms with van der Waals surface area (Å²) in [5.74, 6) is 1.72.